The number of aromatic nitrogens is 1. The van der Waals surface area contributed by atoms with Crippen LogP contribution >= 0.6 is 22.6 Å². The molecule has 0 aliphatic rings. The molecular formula is C6H4F2IN3O4S. The van der Waals surface area contributed by atoms with E-state index in [9.17, 15) is 27.3 Å². The normalized spacial score (nSPS) is 11.8. The second-order valence-electron chi connectivity index (χ2n) is 2.78. The largest absolute Gasteiger partial charge is 0.294 e. The Balaban J connectivity index is 3.79. The molecule has 0 spiro atoms. The molecule has 1 aromatic heterocycles. The molecule has 0 fully saturated rings. The van der Waals surface area contributed by atoms with Crippen molar-refractivity contribution < 1.29 is 22.1 Å². The van der Waals surface area contributed by atoms with Crippen LogP contribution in [0.25, 0.3) is 0 Å². The number of nitrogens with zero attached hydrogens (tertiary/aromatic N) is 2. The van der Waals surface area contributed by atoms with E-state index in [-0.39, 0.29) is 3.70 Å². The van der Waals surface area contributed by atoms with E-state index in [2.05, 4.69) is 10.1 Å². The Morgan fingerprint density at radius 1 is 1.53 bits per heavy atom. The Hall–Kier alpha value is -0.950. The molecule has 0 atom stereocenters. The van der Waals surface area contributed by atoms with Gasteiger partial charge in [-0.2, -0.15) is 0 Å². The molecule has 2 N–H and O–H groups in total. The van der Waals surface area contributed by atoms with E-state index in [0.717, 1.165) is 6.07 Å². The zero-order valence-electron chi connectivity index (χ0n) is 7.80. The average molecular weight is 379 g/mol. The lowest BCUT2D eigenvalue weighted by Crippen LogP contribution is -2.18. The van der Waals surface area contributed by atoms with Crippen molar-refractivity contribution in [1.29, 1.82) is 0 Å². The van der Waals surface area contributed by atoms with Gasteiger partial charge < -0.3 is 0 Å². The molecule has 0 aliphatic carbocycles. The quantitative estimate of drug-likeness (QED) is 0.366. The van der Waals surface area contributed by atoms with Gasteiger partial charge in [-0.3, -0.25) is 10.1 Å². The number of rotatable bonds is 3. The Bertz CT molecular complexity index is 577. The van der Waals surface area contributed by atoms with Gasteiger partial charge in [-0.05, 0) is 22.6 Å². The van der Waals surface area contributed by atoms with Gasteiger partial charge in [0.05, 0.1) is 4.92 Å². The van der Waals surface area contributed by atoms with Crippen molar-refractivity contribution >= 4 is 38.3 Å². The van der Waals surface area contributed by atoms with Gasteiger partial charge in [0, 0.05) is 6.07 Å². The molecule has 11 heteroatoms. The molecule has 0 aliphatic heterocycles. The topological polar surface area (TPSA) is 116 Å². The van der Waals surface area contributed by atoms with Gasteiger partial charge in [0.15, 0.2) is 4.90 Å². The molecule has 0 saturated heterocycles. The van der Waals surface area contributed by atoms with Gasteiger partial charge >= 0.3 is 0 Å². The number of nitrogens with two attached hydrogens (primary N) is 1. The minimum atomic E-state index is -4.66. The lowest BCUT2D eigenvalue weighted by Gasteiger charge is -2.07. The number of nitro groups is 1. The third-order valence-corrected chi connectivity index (χ3v) is 3.18. The number of hydrogen-bond donors (Lipinski definition) is 1. The van der Waals surface area contributed by atoms with E-state index >= 15 is 0 Å². The van der Waals surface area contributed by atoms with Gasteiger partial charge in [-0.1, -0.05) is 0 Å². The molecule has 1 rings (SSSR count). The number of pyridine rings is 1. The molecule has 0 unspecified atom stereocenters. The van der Waals surface area contributed by atoms with Gasteiger partial charge in [0.1, 0.15) is 9.39 Å². The maximum Gasteiger partial charge on any atom is 0.294 e. The van der Waals surface area contributed by atoms with E-state index < -0.39 is 37.6 Å². The predicted molar refractivity (Wildman–Crippen MR) is 59.9 cm³/mol. The van der Waals surface area contributed by atoms with Crippen molar-refractivity contribution in [3.05, 3.63) is 25.6 Å². The smallest absolute Gasteiger partial charge is 0.258 e. The van der Waals surface area contributed by atoms with Gasteiger partial charge in [-0.15, -0.1) is 0 Å². The van der Waals surface area contributed by atoms with Crippen LogP contribution in [-0.4, -0.2) is 18.3 Å². The summed E-state index contributed by atoms with van der Waals surface area (Å²) >= 11 is 1.46. The van der Waals surface area contributed by atoms with Crippen LogP contribution in [0.5, 0.6) is 0 Å². The monoisotopic (exact) mass is 379 g/mol. The van der Waals surface area contributed by atoms with Gasteiger partial charge in [-0.25, -0.2) is 27.3 Å². The highest BCUT2D eigenvalue weighted by Crippen LogP contribution is 2.32. The van der Waals surface area contributed by atoms with E-state index in [1.165, 1.54) is 22.6 Å². The van der Waals surface area contributed by atoms with E-state index in [1.54, 1.807) is 0 Å². The van der Waals surface area contributed by atoms with Crippen LogP contribution in [0.2, 0.25) is 0 Å². The van der Waals surface area contributed by atoms with Crippen LogP contribution in [0.4, 0.5) is 14.5 Å². The Morgan fingerprint density at radius 2 is 2.06 bits per heavy atom. The fourth-order valence-corrected chi connectivity index (χ4v) is 2.49. The molecule has 0 saturated carbocycles. The van der Waals surface area contributed by atoms with E-state index in [1.807, 2.05) is 0 Å². The van der Waals surface area contributed by atoms with Crippen molar-refractivity contribution in [2.45, 2.75) is 11.3 Å². The maximum absolute atomic E-state index is 12.6. The van der Waals surface area contributed by atoms with Crippen molar-refractivity contribution in [1.82, 2.24) is 4.98 Å². The molecule has 1 heterocycles. The predicted octanol–water partition coefficient (Wildman–Crippen LogP) is 1.18. The molecular weight excluding hydrogens is 375 g/mol. The van der Waals surface area contributed by atoms with Crippen molar-refractivity contribution in [3.63, 3.8) is 0 Å². The number of halogens is 3. The van der Waals surface area contributed by atoms with Crippen LogP contribution in [0.1, 0.15) is 12.1 Å². The first-order valence-electron chi connectivity index (χ1n) is 3.80. The lowest BCUT2D eigenvalue weighted by atomic mass is 10.3. The molecule has 17 heavy (non-hydrogen) atoms. The molecule has 1 aromatic rings. The summed E-state index contributed by atoms with van der Waals surface area (Å²) in [7, 11) is -4.66. The molecule has 0 radical (unpaired) electrons. The number of alkyl halides is 2. The third-order valence-electron chi connectivity index (χ3n) is 1.64. The zero-order chi connectivity index (χ0) is 13.4. The van der Waals surface area contributed by atoms with Crippen LogP contribution in [0.3, 0.4) is 0 Å². The Kier molecular flexibility index (Phi) is 3.93. The first kappa shape index (κ1) is 14.1. The second kappa shape index (κ2) is 4.73. The van der Waals surface area contributed by atoms with Crippen molar-refractivity contribution in [2.24, 2.45) is 5.14 Å². The second-order valence-corrected chi connectivity index (χ2v) is 5.38. The highest BCUT2D eigenvalue weighted by Gasteiger charge is 2.32. The highest BCUT2D eigenvalue weighted by molar-refractivity contribution is 14.1. The van der Waals surface area contributed by atoms with Crippen molar-refractivity contribution in [2.75, 3.05) is 0 Å². The Labute approximate surface area is 107 Å². The van der Waals surface area contributed by atoms with Gasteiger partial charge in [0.2, 0.25) is 10.0 Å². The number of hydrogen-bond acceptors (Lipinski definition) is 5. The fourth-order valence-electron chi connectivity index (χ4n) is 1.08. The summed E-state index contributed by atoms with van der Waals surface area (Å²) in [5.41, 5.74) is -2.23. The molecule has 0 bridgehead atoms. The zero-order valence-corrected chi connectivity index (χ0v) is 10.8. The third kappa shape index (κ3) is 3.04. The molecule has 94 valence electrons. The van der Waals surface area contributed by atoms with Crippen LogP contribution in [0, 0.1) is 13.8 Å². The summed E-state index contributed by atoms with van der Waals surface area (Å²) in [5, 5.41) is 15.3. The summed E-state index contributed by atoms with van der Waals surface area (Å²) < 4.78 is 47.2. The molecule has 7 nitrogen and oxygen atoms in total. The summed E-state index contributed by atoms with van der Waals surface area (Å²) in [5.74, 6) is 0. The molecule has 0 aromatic carbocycles. The first-order valence-corrected chi connectivity index (χ1v) is 6.43. The minimum absolute atomic E-state index is 0.128. The van der Waals surface area contributed by atoms with Crippen LogP contribution < -0.4 is 5.14 Å². The number of sulfonamides is 1. The van der Waals surface area contributed by atoms with Crippen LogP contribution in [-0.2, 0) is 10.0 Å². The van der Waals surface area contributed by atoms with Crippen LogP contribution in [0.15, 0.2) is 11.0 Å². The van der Waals surface area contributed by atoms with E-state index in [0.29, 0.717) is 0 Å². The SMILES string of the molecule is NS(=O)(=O)c1c([N+](=O)[O-])cc(I)nc1C(F)F. The lowest BCUT2D eigenvalue weighted by molar-refractivity contribution is -0.388. The van der Waals surface area contributed by atoms with E-state index in [4.69, 9.17) is 0 Å². The summed E-state index contributed by atoms with van der Waals surface area (Å²) in [6.45, 7) is 0. The van der Waals surface area contributed by atoms with Gasteiger partial charge in [0.25, 0.3) is 12.1 Å². The maximum atomic E-state index is 12.6. The van der Waals surface area contributed by atoms with Crippen molar-refractivity contribution in [3.8, 4) is 0 Å². The standard InChI is InChI=1S/C6H4F2IN3O4S/c7-6(8)4-5(17(10,15)16)2(12(13)14)1-3(9)11-4/h1,6H,(H2,10,15,16). The average Bonchev–Trinajstić information content (AvgIpc) is 2.14. The Morgan fingerprint density at radius 3 is 2.41 bits per heavy atom. The summed E-state index contributed by atoms with van der Waals surface area (Å²) in [4.78, 5) is 11.5. The highest BCUT2D eigenvalue weighted by atomic mass is 127. The fraction of sp³-hybridized carbons (Fsp3) is 0.167. The molecule has 0 amide bonds. The summed E-state index contributed by atoms with van der Waals surface area (Å²) in [6.07, 6.45) is -3.28. The first-order chi connectivity index (χ1) is 7.64. The number of primary sulfonamides is 1. The minimum Gasteiger partial charge on any atom is -0.258 e. The summed E-state index contributed by atoms with van der Waals surface area (Å²) in [6, 6.07) is 0.756.